The molecule has 0 aromatic rings. The van der Waals surface area contributed by atoms with Crippen LogP contribution in [0.1, 0.15) is 206 Å². The zero-order chi connectivity index (χ0) is 103. The van der Waals surface area contributed by atoms with Crippen LogP contribution >= 0.6 is 0 Å². The van der Waals surface area contributed by atoms with E-state index in [9.17, 15) is 157 Å². The minimum atomic E-state index is -3.33. The van der Waals surface area contributed by atoms with Crippen LogP contribution in [0, 0.1) is 62.1 Å². The molecule has 796 valence electrons. The Morgan fingerprint density at radius 3 is 1.83 bits per heavy atom. The van der Waals surface area contributed by atoms with E-state index >= 15 is 4.79 Å². The first-order valence-corrected chi connectivity index (χ1v) is 47.6. The molecule has 27 N–H and O–H groups in total. The van der Waals surface area contributed by atoms with E-state index in [1.807, 2.05) is 47.6 Å². The van der Waals surface area contributed by atoms with Crippen LogP contribution in [0.25, 0.3) is 0 Å². The van der Waals surface area contributed by atoms with Crippen LogP contribution in [0.5, 0.6) is 0 Å². The molecule has 4 aliphatic heterocycles. The van der Waals surface area contributed by atoms with E-state index in [1.54, 1.807) is 20.8 Å². The van der Waals surface area contributed by atoms with Crippen molar-refractivity contribution < 1.29 is 228 Å². The summed E-state index contributed by atoms with van der Waals surface area (Å²) in [5.74, 6) is -17.2. The Kier molecular flexibility index (Phi) is 39.9. The molecule has 0 aromatic carbocycles. The average Bonchev–Trinajstić information content (AvgIpc) is 0.710. The van der Waals surface area contributed by atoms with Gasteiger partial charge in [0, 0.05) is 25.9 Å². The highest BCUT2D eigenvalue weighted by Crippen LogP contribution is 2.76. The second-order valence-corrected chi connectivity index (χ2v) is 41.1. The van der Waals surface area contributed by atoms with Gasteiger partial charge in [-0.1, -0.05) is 101 Å². The van der Waals surface area contributed by atoms with Crippen LogP contribution in [0.3, 0.4) is 0 Å². The lowest BCUT2D eigenvalue weighted by Gasteiger charge is -2.71. The first-order chi connectivity index (χ1) is 64.4. The van der Waals surface area contributed by atoms with Gasteiger partial charge in [0.15, 0.2) is 60.4 Å². The summed E-state index contributed by atoms with van der Waals surface area (Å²) >= 11 is 0. The van der Waals surface area contributed by atoms with Crippen molar-refractivity contribution in [3.8, 4) is 0 Å². The Labute approximate surface area is 799 Å². The van der Waals surface area contributed by atoms with Crippen LogP contribution in [-0.2, 0) is 90.3 Å². The molecular formula is C92H152O46. The molecule has 138 heavy (non-hydrogen) atoms. The number of hydrogen-bond acceptors (Lipinski definition) is 45. The fourth-order valence-corrected chi connectivity index (χ4v) is 22.3. The quantitative estimate of drug-likeness (QED) is 0.00745. The van der Waals surface area contributed by atoms with Crippen molar-refractivity contribution in [3.63, 3.8) is 0 Å². The number of rotatable bonds is 48. The van der Waals surface area contributed by atoms with Gasteiger partial charge in [-0.05, 0) is 129 Å². The number of carboxylic acid groups (broad SMARTS) is 1. The Bertz CT molecular complexity index is 4080. The molecule has 4 saturated carbocycles. The molecule has 9 rings (SSSR count). The minimum absolute atomic E-state index is 0.0824. The van der Waals surface area contributed by atoms with Gasteiger partial charge in [0.25, 0.3) is 0 Å². The van der Waals surface area contributed by atoms with Crippen LogP contribution < -0.4 is 0 Å². The maximum Gasteiger partial charge on any atom is 0.317 e. The summed E-state index contributed by atoms with van der Waals surface area (Å²) in [5, 5.41) is 300. The molecule has 5 aliphatic carbocycles. The zero-order valence-corrected chi connectivity index (χ0v) is 80.2. The van der Waals surface area contributed by atoms with Gasteiger partial charge < -0.3 is 209 Å². The SMILES string of the molecule is CCC(OC1OCC(O)C(OC2OCC(O)(CO)C2O)C1O)/C(O)=C(/O)C(O)OC1C(OC(=O)[C@]23CCC(C)(C)CC2C2=CCC4[C@@]5(C)CC[C@H](OC(CO)(OC(O)/C(O)=C(/O)C(O)CCO)C(OC(O)C(O)C(O)C(C)O)C(O)CC(=O)O)[C@@](C)(C=O)C5CC[C@@]4(C)[C@]2(C)C[C@H]3O)OC(C)C(O)C1OC(=O)C[C@@H](O)C[C@H](OC(=O)C[C@@H](O)C[C@H](OC1OC(CO)C(O)C1O)[C@@H](C)CC)[C@@H](C)CC. The van der Waals surface area contributed by atoms with Gasteiger partial charge in [-0.2, -0.15) is 0 Å². The minimum Gasteiger partial charge on any atom is -0.506 e. The first kappa shape index (κ1) is 116. The molecule has 0 aromatic heterocycles. The normalized spacial score (nSPS) is 39.1. The number of fused-ring (bicyclic) bond motifs is 7. The summed E-state index contributed by atoms with van der Waals surface area (Å²) in [4.78, 5) is 71.7. The van der Waals surface area contributed by atoms with Crippen molar-refractivity contribution in [2.45, 2.75) is 407 Å². The fourth-order valence-electron chi connectivity index (χ4n) is 22.3. The lowest BCUT2D eigenvalue weighted by Crippen LogP contribution is -2.69. The Morgan fingerprint density at radius 2 is 1.25 bits per heavy atom. The molecule has 4 saturated heterocycles. The van der Waals surface area contributed by atoms with Gasteiger partial charge in [0.1, 0.15) is 109 Å². The largest absolute Gasteiger partial charge is 0.506 e. The van der Waals surface area contributed by atoms with Gasteiger partial charge in [0.2, 0.25) is 24.7 Å². The third kappa shape index (κ3) is 24.3. The lowest BCUT2D eigenvalue weighted by molar-refractivity contribution is -0.396. The van der Waals surface area contributed by atoms with Gasteiger partial charge in [-0.25, -0.2) is 0 Å². The van der Waals surface area contributed by atoms with Crippen molar-refractivity contribution in [1.29, 1.82) is 0 Å². The topological polar surface area (TPSA) is 761 Å². The third-order valence-corrected chi connectivity index (χ3v) is 31.4. The number of hydrogen-bond donors (Lipinski definition) is 27. The molecule has 0 amide bonds. The van der Waals surface area contributed by atoms with Crippen molar-refractivity contribution in [1.82, 2.24) is 0 Å². The second-order valence-electron chi connectivity index (χ2n) is 41.1. The molecule has 30 unspecified atom stereocenters. The van der Waals surface area contributed by atoms with Crippen LogP contribution in [-0.4, -0.2) is 410 Å². The lowest BCUT2D eigenvalue weighted by atomic mass is 9.33. The number of aliphatic hydroxyl groups excluding tert-OH is 25. The van der Waals surface area contributed by atoms with Gasteiger partial charge in [-0.15, -0.1) is 0 Å². The number of aliphatic carboxylic acids is 1. The molecule has 0 spiro atoms. The number of carboxylic acids is 1. The fraction of sp³-hybridized carbons (Fsp3) is 0.880. The van der Waals surface area contributed by atoms with E-state index in [2.05, 4.69) is 0 Å². The monoisotopic (exact) mass is 1990 g/mol. The molecule has 43 atom stereocenters. The van der Waals surface area contributed by atoms with Crippen LogP contribution in [0.2, 0.25) is 0 Å². The molecule has 0 radical (unpaired) electrons. The standard InChI is InChI=1S/C92H152O46/c1-14-40(4)52(128-60(107)29-45(100)28-53(41(5)15-2)130-81-70(117)66(113)54(34-94)131-81)27-44(99)30-61(108)132-73-63(110)43(7)127-82(74(73)133-77(120)69(116)65(112)51(16-3)129-80-71(118)72(50(103)35-125-80)134-83-75(119)90(124,37-96)39-126-83)136-84(123)91-25-24-85(8,9)32-47(91)46-17-18-56-86(10)22-20-58(87(11,36-95)55(86)19-23-88(56,12)89(46,13)33-57(91)104)137-92(38-97,138-79(122)68(115)64(111)48(101)21-26-93)76(49(102)31-59(105)106)135-78(121)67(114)62(109)42(6)98/h17,36,40-45,47-58,62-63,66-67,70-83,93-94,96-104,109-122,124H,14-16,18-35,37-39H2,1-13H3,(H,105,106)/b68-64-,69-65-/t40-,41-,42?,43?,44-,45-,47?,48?,49?,50?,51?,52-,53-,54?,55?,56?,57+,58-,62?,63?,66?,67?,70?,71?,72?,73?,74?,75?,76?,77?,78?,79?,80?,81?,82?,83?,86-,87-,88+,89+,90?,91+,92?/m0/s1. The highest BCUT2D eigenvalue weighted by molar-refractivity contribution is 5.80. The van der Waals surface area contributed by atoms with Crippen LogP contribution in [0.4, 0.5) is 0 Å². The smallest absolute Gasteiger partial charge is 0.317 e. The van der Waals surface area contributed by atoms with Gasteiger partial charge in [0.05, 0.1) is 99.9 Å². The van der Waals surface area contributed by atoms with Gasteiger partial charge >= 0.3 is 23.9 Å². The summed E-state index contributed by atoms with van der Waals surface area (Å²) in [6.45, 7) is 16.8. The predicted octanol–water partition coefficient (Wildman–Crippen LogP) is -2.54. The summed E-state index contributed by atoms with van der Waals surface area (Å²) in [6.07, 6.45) is -59.8. The number of aldehydes is 1. The molecule has 46 heteroatoms. The van der Waals surface area contributed by atoms with E-state index in [4.69, 9.17) is 66.3 Å². The third-order valence-electron chi connectivity index (χ3n) is 31.4. The highest BCUT2D eigenvalue weighted by atomic mass is 16.8. The Hall–Kier alpha value is -5.35. The summed E-state index contributed by atoms with van der Waals surface area (Å²) in [7, 11) is 0. The van der Waals surface area contributed by atoms with Crippen molar-refractivity contribution in [2.24, 2.45) is 62.1 Å². The molecule has 0 bridgehead atoms. The second kappa shape index (κ2) is 47.4. The highest BCUT2D eigenvalue weighted by Gasteiger charge is 2.74. The number of carbonyl (C=O) groups is 5. The van der Waals surface area contributed by atoms with Crippen molar-refractivity contribution >= 4 is 30.2 Å². The summed E-state index contributed by atoms with van der Waals surface area (Å²) in [5.41, 5.74) is -8.74. The van der Waals surface area contributed by atoms with E-state index in [1.165, 1.54) is 20.8 Å². The van der Waals surface area contributed by atoms with Crippen molar-refractivity contribution in [3.05, 3.63) is 34.7 Å². The maximum atomic E-state index is 16.4. The number of carbonyl (C=O) groups excluding carboxylic acids is 4. The summed E-state index contributed by atoms with van der Waals surface area (Å²) in [6, 6.07) is 0. The number of ether oxygens (including phenoxy) is 14. The number of esters is 3. The zero-order valence-electron chi connectivity index (χ0n) is 80.2. The Morgan fingerprint density at radius 1 is 0.623 bits per heavy atom. The van der Waals surface area contributed by atoms with E-state index in [0.717, 1.165) is 12.5 Å². The van der Waals surface area contributed by atoms with E-state index in [-0.39, 0.29) is 76.5 Å². The number of allylic oxidation sites excluding steroid dienone is 2. The van der Waals surface area contributed by atoms with E-state index in [0.29, 0.717) is 19.1 Å². The molecular weight excluding hydrogens is 1840 g/mol. The van der Waals surface area contributed by atoms with Gasteiger partial charge in [-0.3, -0.25) is 19.2 Å². The molecule has 8 fully saturated rings. The predicted molar refractivity (Wildman–Crippen MR) is 466 cm³/mol. The van der Waals surface area contributed by atoms with Crippen molar-refractivity contribution in [2.75, 3.05) is 39.6 Å². The maximum absolute atomic E-state index is 16.4. The average molecular weight is 1990 g/mol. The number of aliphatic hydroxyl groups is 26. The molecule has 4 heterocycles. The molecule has 46 nitrogen and oxygen atoms in total. The van der Waals surface area contributed by atoms with E-state index < -0.39 is 377 Å². The molecule has 9 aliphatic rings. The first-order valence-electron chi connectivity index (χ1n) is 47.6. The summed E-state index contributed by atoms with van der Waals surface area (Å²) < 4.78 is 82.8. The van der Waals surface area contributed by atoms with Crippen LogP contribution in [0.15, 0.2) is 34.7 Å². The Balaban J connectivity index is 1.03.